The van der Waals surface area contributed by atoms with E-state index in [1.807, 2.05) is 0 Å². The largest absolute Gasteiger partial charge is 0.468 e. The van der Waals surface area contributed by atoms with Crippen LogP contribution in [-0.4, -0.2) is 39.2 Å². The Morgan fingerprint density at radius 1 is 1.00 bits per heavy atom. The summed E-state index contributed by atoms with van der Waals surface area (Å²) in [4.78, 5) is 34.1. The summed E-state index contributed by atoms with van der Waals surface area (Å²) in [5.74, 6) is -3.25. The van der Waals surface area contributed by atoms with Crippen molar-refractivity contribution in [2.75, 3.05) is 21.3 Å². The van der Waals surface area contributed by atoms with E-state index in [2.05, 4.69) is 14.2 Å². The normalized spacial score (nSPS) is 11.0. The number of carbonyl (C=O) groups excluding carboxylic acids is 3. The van der Waals surface area contributed by atoms with Crippen molar-refractivity contribution in [2.45, 2.75) is 13.3 Å². The van der Waals surface area contributed by atoms with Crippen molar-refractivity contribution < 1.29 is 28.6 Å². The zero-order valence-corrected chi connectivity index (χ0v) is 10.3. The standard InChI is InChI=1S/C11H16O6/c1-5-7(9(12)15-2)6-8(10(13)16-3)11(14)17-4/h5,8H,6H2,1-4H3/b7-5-. The minimum atomic E-state index is -1.16. The lowest BCUT2D eigenvalue weighted by molar-refractivity contribution is -0.158. The lowest BCUT2D eigenvalue weighted by Gasteiger charge is -2.13. The van der Waals surface area contributed by atoms with E-state index in [1.54, 1.807) is 6.92 Å². The molecule has 96 valence electrons. The molecule has 0 spiro atoms. The van der Waals surface area contributed by atoms with Crippen LogP contribution in [0.2, 0.25) is 0 Å². The van der Waals surface area contributed by atoms with E-state index in [0.717, 1.165) is 14.2 Å². The number of rotatable bonds is 5. The predicted octanol–water partition coefficient (Wildman–Crippen LogP) is 0.458. The SMILES string of the molecule is C/C=C(/CC(C(=O)OC)C(=O)OC)C(=O)OC. The summed E-state index contributed by atoms with van der Waals surface area (Å²) in [6, 6.07) is 0. The van der Waals surface area contributed by atoms with Crippen LogP contribution < -0.4 is 0 Å². The number of methoxy groups -OCH3 is 3. The molecule has 0 radical (unpaired) electrons. The molecule has 0 saturated heterocycles. The highest BCUT2D eigenvalue weighted by Gasteiger charge is 2.31. The molecule has 0 amide bonds. The van der Waals surface area contributed by atoms with Gasteiger partial charge in [-0.25, -0.2) is 4.79 Å². The minimum absolute atomic E-state index is 0.109. The second-order valence-corrected chi connectivity index (χ2v) is 3.11. The molecule has 0 aromatic heterocycles. The van der Waals surface area contributed by atoms with Crippen LogP contribution in [0.1, 0.15) is 13.3 Å². The van der Waals surface area contributed by atoms with Crippen molar-refractivity contribution in [3.8, 4) is 0 Å². The molecule has 0 aromatic carbocycles. The predicted molar refractivity (Wildman–Crippen MR) is 57.9 cm³/mol. The van der Waals surface area contributed by atoms with Crippen molar-refractivity contribution in [1.82, 2.24) is 0 Å². The Labute approximate surface area is 99.5 Å². The molecular formula is C11H16O6. The van der Waals surface area contributed by atoms with Gasteiger partial charge in [0.05, 0.1) is 21.3 Å². The van der Waals surface area contributed by atoms with Gasteiger partial charge in [0.1, 0.15) is 0 Å². The summed E-state index contributed by atoms with van der Waals surface area (Å²) in [6.07, 6.45) is 1.37. The number of hydrogen-bond donors (Lipinski definition) is 0. The molecule has 0 aliphatic rings. The highest BCUT2D eigenvalue weighted by atomic mass is 16.5. The summed E-state index contributed by atoms with van der Waals surface area (Å²) >= 11 is 0. The third-order valence-corrected chi connectivity index (χ3v) is 2.19. The summed E-state index contributed by atoms with van der Waals surface area (Å²) in [7, 11) is 3.54. The fourth-order valence-electron chi connectivity index (χ4n) is 1.22. The zero-order chi connectivity index (χ0) is 13.4. The van der Waals surface area contributed by atoms with Gasteiger partial charge in [-0.3, -0.25) is 9.59 Å². The Morgan fingerprint density at radius 2 is 1.47 bits per heavy atom. The molecule has 0 bridgehead atoms. The van der Waals surface area contributed by atoms with E-state index in [9.17, 15) is 14.4 Å². The Kier molecular flexibility index (Phi) is 6.62. The van der Waals surface area contributed by atoms with Crippen molar-refractivity contribution in [2.24, 2.45) is 5.92 Å². The lowest BCUT2D eigenvalue weighted by Crippen LogP contribution is -2.28. The Balaban J connectivity index is 4.92. The van der Waals surface area contributed by atoms with E-state index in [1.165, 1.54) is 13.2 Å². The molecule has 0 N–H and O–H groups in total. The van der Waals surface area contributed by atoms with E-state index in [0.29, 0.717) is 0 Å². The van der Waals surface area contributed by atoms with E-state index < -0.39 is 23.8 Å². The fourth-order valence-corrected chi connectivity index (χ4v) is 1.22. The van der Waals surface area contributed by atoms with Gasteiger partial charge >= 0.3 is 17.9 Å². The third kappa shape index (κ3) is 4.26. The van der Waals surface area contributed by atoms with Crippen LogP contribution >= 0.6 is 0 Å². The molecule has 0 unspecified atom stereocenters. The molecule has 0 aliphatic heterocycles. The Hall–Kier alpha value is -1.85. The first kappa shape index (κ1) is 15.2. The van der Waals surface area contributed by atoms with Crippen molar-refractivity contribution in [1.29, 1.82) is 0 Å². The highest BCUT2D eigenvalue weighted by Crippen LogP contribution is 2.16. The topological polar surface area (TPSA) is 78.9 Å². The lowest BCUT2D eigenvalue weighted by atomic mass is 9.99. The molecular weight excluding hydrogens is 228 g/mol. The third-order valence-electron chi connectivity index (χ3n) is 2.19. The highest BCUT2D eigenvalue weighted by molar-refractivity contribution is 5.97. The maximum atomic E-state index is 11.4. The van der Waals surface area contributed by atoms with E-state index in [4.69, 9.17) is 0 Å². The molecule has 6 heteroatoms. The van der Waals surface area contributed by atoms with Gasteiger partial charge in [-0.2, -0.15) is 0 Å². The van der Waals surface area contributed by atoms with Gasteiger partial charge < -0.3 is 14.2 Å². The number of hydrogen-bond acceptors (Lipinski definition) is 6. The van der Waals surface area contributed by atoms with Crippen LogP contribution in [0.15, 0.2) is 11.6 Å². The molecule has 0 atom stereocenters. The maximum absolute atomic E-state index is 11.4. The first-order valence-electron chi connectivity index (χ1n) is 4.90. The molecule has 0 aliphatic carbocycles. The van der Waals surface area contributed by atoms with Gasteiger partial charge in [0.2, 0.25) is 0 Å². The molecule has 0 fully saturated rings. The molecule has 17 heavy (non-hydrogen) atoms. The molecule has 0 heterocycles. The quantitative estimate of drug-likeness (QED) is 0.302. The number of ether oxygens (including phenoxy) is 3. The van der Waals surface area contributed by atoms with Crippen LogP contribution in [0.25, 0.3) is 0 Å². The first-order chi connectivity index (χ1) is 8.01. The van der Waals surface area contributed by atoms with E-state index in [-0.39, 0.29) is 12.0 Å². The van der Waals surface area contributed by atoms with Gasteiger partial charge in [0, 0.05) is 12.0 Å². The zero-order valence-electron chi connectivity index (χ0n) is 10.3. The van der Waals surface area contributed by atoms with Crippen LogP contribution in [-0.2, 0) is 28.6 Å². The Morgan fingerprint density at radius 3 is 1.76 bits per heavy atom. The van der Waals surface area contributed by atoms with Crippen LogP contribution in [0, 0.1) is 5.92 Å². The van der Waals surface area contributed by atoms with Gasteiger partial charge in [0.25, 0.3) is 0 Å². The Bertz CT molecular complexity index is 315. The number of carbonyl (C=O) groups is 3. The van der Waals surface area contributed by atoms with Crippen LogP contribution in [0.3, 0.4) is 0 Å². The van der Waals surface area contributed by atoms with Gasteiger partial charge in [-0.1, -0.05) is 6.08 Å². The molecule has 0 aromatic rings. The van der Waals surface area contributed by atoms with Crippen LogP contribution in [0.4, 0.5) is 0 Å². The average Bonchev–Trinajstić information content (AvgIpc) is 2.37. The van der Waals surface area contributed by atoms with Crippen LogP contribution in [0.5, 0.6) is 0 Å². The summed E-state index contributed by atoms with van der Waals surface area (Å²) in [5, 5.41) is 0. The van der Waals surface area contributed by atoms with Crippen molar-refractivity contribution in [3.63, 3.8) is 0 Å². The second kappa shape index (κ2) is 7.43. The summed E-state index contributed by atoms with van der Waals surface area (Å²) in [6.45, 7) is 1.61. The average molecular weight is 244 g/mol. The first-order valence-corrected chi connectivity index (χ1v) is 4.90. The monoisotopic (exact) mass is 244 g/mol. The second-order valence-electron chi connectivity index (χ2n) is 3.11. The van der Waals surface area contributed by atoms with Crippen molar-refractivity contribution >= 4 is 17.9 Å². The minimum Gasteiger partial charge on any atom is -0.468 e. The maximum Gasteiger partial charge on any atom is 0.333 e. The van der Waals surface area contributed by atoms with Gasteiger partial charge in [-0.05, 0) is 6.92 Å². The molecule has 0 saturated carbocycles. The van der Waals surface area contributed by atoms with Crippen molar-refractivity contribution in [3.05, 3.63) is 11.6 Å². The fraction of sp³-hybridized carbons (Fsp3) is 0.545. The van der Waals surface area contributed by atoms with Gasteiger partial charge in [0.15, 0.2) is 5.92 Å². The van der Waals surface area contributed by atoms with Gasteiger partial charge in [-0.15, -0.1) is 0 Å². The summed E-state index contributed by atoms with van der Waals surface area (Å²) < 4.78 is 13.5. The summed E-state index contributed by atoms with van der Waals surface area (Å²) in [5.41, 5.74) is 0.216. The number of allylic oxidation sites excluding steroid dienone is 1. The molecule has 6 nitrogen and oxygen atoms in total. The smallest absolute Gasteiger partial charge is 0.333 e. The van der Waals surface area contributed by atoms with E-state index >= 15 is 0 Å². The molecule has 0 rings (SSSR count). The number of esters is 3.